The van der Waals surface area contributed by atoms with Crippen LogP contribution < -0.4 is 11.2 Å². The van der Waals surface area contributed by atoms with Gasteiger partial charge in [0, 0.05) is 12.5 Å². The Balaban J connectivity index is 3.11. The molecule has 1 rings (SSSR count). The molecule has 0 saturated carbocycles. The van der Waals surface area contributed by atoms with Crippen LogP contribution in [-0.4, -0.2) is 16.5 Å². The van der Waals surface area contributed by atoms with Crippen LogP contribution in [0.3, 0.4) is 0 Å². The van der Waals surface area contributed by atoms with Gasteiger partial charge in [-0.25, -0.2) is 4.98 Å². The van der Waals surface area contributed by atoms with Crippen LogP contribution >= 0.6 is 0 Å². The van der Waals surface area contributed by atoms with Gasteiger partial charge in [-0.3, -0.25) is 4.79 Å². The van der Waals surface area contributed by atoms with Crippen LogP contribution in [0, 0.1) is 10.1 Å². The number of hydrogen-bond donors (Lipinski definition) is 2. The van der Waals surface area contributed by atoms with E-state index in [1.165, 1.54) is 6.07 Å². The average molecular weight is 183 g/mol. The minimum absolute atomic E-state index is 0.295. The molecule has 1 aromatic rings. The number of nitrogens with zero attached hydrogens (tertiary/aromatic N) is 1. The molecule has 0 unspecified atom stereocenters. The third-order valence-corrected chi connectivity index (χ3v) is 1.49. The lowest BCUT2D eigenvalue weighted by atomic mass is 10.2. The quantitative estimate of drug-likeness (QED) is 0.499. The summed E-state index contributed by atoms with van der Waals surface area (Å²) in [6.07, 6.45) is 0.428. The van der Waals surface area contributed by atoms with Crippen LogP contribution in [0.4, 0.5) is 5.82 Å². The largest absolute Gasteiger partial charge is 0.358 e. The highest BCUT2D eigenvalue weighted by Gasteiger charge is 2.07. The van der Waals surface area contributed by atoms with E-state index in [-0.39, 0.29) is 11.2 Å². The number of nitrogens with one attached hydrogen (secondary N) is 1. The lowest BCUT2D eigenvalue weighted by Crippen LogP contribution is -2.10. The first-order valence-electron chi connectivity index (χ1n) is 3.71. The molecule has 70 valence electrons. The first kappa shape index (κ1) is 9.40. The minimum Gasteiger partial charge on any atom is -0.358 e. The summed E-state index contributed by atoms with van der Waals surface area (Å²) in [5.74, 6) is -0.295. The lowest BCUT2D eigenvalue weighted by molar-refractivity contribution is -0.389. The highest BCUT2D eigenvalue weighted by molar-refractivity contribution is 5.21. The average Bonchev–Trinajstić information content (AvgIpc) is 2.03. The third kappa shape index (κ3) is 2.38. The molecule has 0 spiro atoms. The molecule has 0 radical (unpaired) electrons. The fourth-order valence-electron chi connectivity index (χ4n) is 0.973. The first-order chi connectivity index (χ1) is 6.13. The molecule has 0 fully saturated rings. The molecule has 6 heteroatoms. The first-order valence-corrected chi connectivity index (χ1v) is 3.71. The van der Waals surface area contributed by atoms with Gasteiger partial charge in [-0.05, 0) is 11.5 Å². The molecule has 1 aromatic heterocycles. The van der Waals surface area contributed by atoms with Crippen LogP contribution in [0.25, 0.3) is 0 Å². The molecular formula is C7H9N3O3. The predicted molar refractivity (Wildman–Crippen MR) is 46.5 cm³/mol. The number of pyridine rings is 1. The number of aromatic amines is 1. The van der Waals surface area contributed by atoms with Gasteiger partial charge in [0.2, 0.25) is 0 Å². The molecule has 0 aliphatic rings. The highest BCUT2D eigenvalue weighted by atomic mass is 16.6. The maximum absolute atomic E-state index is 10.9. The maximum Gasteiger partial charge on any atom is 0.324 e. The molecule has 0 amide bonds. The summed E-state index contributed by atoms with van der Waals surface area (Å²) in [7, 11) is 0. The lowest BCUT2D eigenvalue weighted by Gasteiger charge is -1.97. The molecule has 0 bridgehead atoms. The summed E-state index contributed by atoms with van der Waals surface area (Å²) < 4.78 is 0. The molecule has 3 N–H and O–H groups in total. The number of aromatic nitrogens is 1. The Labute approximate surface area is 73.5 Å². The Hall–Kier alpha value is -1.69. The van der Waals surface area contributed by atoms with Gasteiger partial charge >= 0.3 is 5.82 Å². The van der Waals surface area contributed by atoms with Crippen LogP contribution in [0.5, 0.6) is 0 Å². The molecule has 0 atom stereocenters. The standard InChI is InChI=1S/C7H9N3O3/c8-2-1-5-3-6(11)4-7(9-5)10(12)13/h3-4H,1-2,8H2,(H,9,11). The van der Waals surface area contributed by atoms with Gasteiger partial charge < -0.3 is 15.8 Å². The highest BCUT2D eigenvalue weighted by Crippen LogP contribution is 2.03. The molecule has 0 aliphatic heterocycles. The zero-order valence-electron chi connectivity index (χ0n) is 6.82. The summed E-state index contributed by atoms with van der Waals surface area (Å²) in [5.41, 5.74) is 5.35. The number of rotatable bonds is 3. The Morgan fingerprint density at radius 3 is 2.77 bits per heavy atom. The molecule has 1 heterocycles. The van der Waals surface area contributed by atoms with E-state index < -0.39 is 4.92 Å². The molecule has 0 saturated heterocycles. The smallest absolute Gasteiger partial charge is 0.324 e. The van der Waals surface area contributed by atoms with E-state index in [9.17, 15) is 14.9 Å². The summed E-state index contributed by atoms with van der Waals surface area (Å²) >= 11 is 0. The summed E-state index contributed by atoms with van der Waals surface area (Å²) in [5, 5.41) is 10.3. The molecule has 6 nitrogen and oxygen atoms in total. The zero-order valence-corrected chi connectivity index (χ0v) is 6.82. The summed E-state index contributed by atoms with van der Waals surface area (Å²) in [6.45, 7) is 0.344. The van der Waals surface area contributed by atoms with E-state index in [0.29, 0.717) is 18.7 Å². The second-order valence-corrected chi connectivity index (χ2v) is 2.52. The number of H-pyrrole nitrogens is 1. The van der Waals surface area contributed by atoms with Crippen molar-refractivity contribution in [2.45, 2.75) is 6.42 Å². The van der Waals surface area contributed by atoms with Crippen molar-refractivity contribution in [1.29, 1.82) is 0 Å². The van der Waals surface area contributed by atoms with E-state index in [1.807, 2.05) is 0 Å². The van der Waals surface area contributed by atoms with Crippen molar-refractivity contribution in [3.63, 3.8) is 0 Å². The van der Waals surface area contributed by atoms with Crippen molar-refractivity contribution in [3.05, 3.63) is 38.2 Å². The third-order valence-electron chi connectivity index (χ3n) is 1.49. The van der Waals surface area contributed by atoms with Gasteiger partial charge in [0.05, 0.1) is 6.07 Å². The van der Waals surface area contributed by atoms with Crippen LogP contribution in [0.2, 0.25) is 0 Å². The van der Waals surface area contributed by atoms with Crippen LogP contribution in [-0.2, 0) is 6.42 Å². The Morgan fingerprint density at radius 1 is 1.54 bits per heavy atom. The second kappa shape index (κ2) is 3.81. The molecule has 0 aromatic carbocycles. The van der Waals surface area contributed by atoms with Crippen LogP contribution in [0.15, 0.2) is 16.9 Å². The van der Waals surface area contributed by atoms with E-state index in [1.54, 1.807) is 0 Å². The van der Waals surface area contributed by atoms with Crippen LogP contribution in [0.1, 0.15) is 5.69 Å². The topological polar surface area (TPSA) is 102 Å². The van der Waals surface area contributed by atoms with E-state index in [0.717, 1.165) is 6.07 Å². The Bertz CT molecular complexity index is 371. The van der Waals surface area contributed by atoms with Crippen molar-refractivity contribution in [2.24, 2.45) is 5.73 Å². The number of nitrogens with two attached hydrogens (primary N) is 1. The maximum atomic E-state index is 10.9. The van der Waals surface area contributed by atoms with Crippen molar-refractivity contribution >= 4 is 5.82 Å². The normalized spacial score (nSPS) is 9.92. The van der Waals surface area contributed by atoms with E-state index >= 15 is 0 Å². The van der Waals surface area contributed by atoms with Gasteiger partial charge in [0.25, 0.3) is 0 Å². The Morgan fingerprint density at radius 2 is 2.23 bits per heavy atom. The zero-order chi connectivity index (χ0) is 9.84. The fraction of sp³-hybridized carbons (Fsp3) is 0.286. The van der Waals surface area contributed by atoms with Gasteiger partial charge in [0.15, 0.2) is 5.43 Å². The molecular weight excluding hydrogens is 174 g/mol. The second-order valence-electron chi connectivity index (χ2n) is 2.52. The SMILES string of the molecule is NCCc1cc(=O)cc([N+](=O)[O-])[nH]1. The molecule has 13 heavy (non-hydrogen) atoms. The summed E-state index contributed by atoms with van der Waals surface area (Å²) in [4.78, 5) is 23.1. The van der Waals surface area contributed by atoms with Crippen molar-refractivity contribution in [2.75, 3.05) is 6.54 Å². The summed E-state index contributed by atoms with van der Waals surface area (Å²) in [6, 6.07) is 2.25. The monoisotopic (exact) mass is 183 g/mol. The van der Waals surface area contributed by atoms with E-state index in [4.69, 9.17) is 5.73 Å². The fourth-order valence-corrected chi connectivity index (χ4v) is 0.973. The van der Waals surface area contributed by atoms with Crippen molar-refractivity contribution in [1.82, 2.24) is 4.98 Å². The predicted octanol–water partition coefficient (Wildman–Crippen LogP) is -0.216. The minimum atomic E-state index is -0.637. The number of nitro groups is 1. The molecule has 0 aliphatic carbocycles. The van der Waals surface area contributed by atoms with Gasteiger partial charge in [-0.2, -0.15) is 0 Å². The van der Waals surface area contributed by atoms with Gasteiger partial charge in [-0.15, -0.1) is 0 Å². The van der Waals surface area contributed by atoms with E-state index in [2.05, 4.69) is 4.98 Å². The van der Waals surface area contributed by atoms with Gasteiger partial charge in [0.1, 0.15) is 5.69 Å². The van der Waals surface area contributed by atoms with Gasteiger partial charge in [-0.1, -0.05) is 0 Å². The Kier molecular flexibility index (Phi) is 2.76. The van der Waals surface area contributed by atoms with Crippen molar-refractivity contribution < 1.29 is 4.92 Å². The number of hydrogen-bond acceptors (Lipinski definition) is 4. The van der Waals surface area contributed by atoms with Crippen molar-refractivity contribution in [3.8, 4) is 0 Å².